The molecule has 2 aromatic rings. The lowest BCUT2D eigenvalue weighted by Crippen LogP contribution is -2.32. The van der Waals surface area contributed by atoms with Gasteiger partial charge in [-0.25, -0.2) is 0 Å². The van der Waals surface area contributed by atoms with Crippen LogP contribution in [0.4, 0.5) is 0 Å². The summed E-state index contributed by atoms with van der Waals surface area (Å²) in [5.74, 6) is 6.27. The largest absolute Gasteiger partial charge is 0.384 e. The van der Waals surface area contributed by atoms with E-state index in [1.807, 2.05) is 6.20 Å². The number of thiophene rings is 1. The van der Waals surface area contributed by atoms with E-state index in [2.05, 4.69) is 44.5 Å². The van der Waals surface area contributed by atoms with Gasteiger partial charge in [0.05, 0.1) is 0 Å². The van der Waals surface area contributed by atoms with Gasteiger partial charge in [0.2, 0.25) is 0 Å². The molecule has 3 heterocycles. The van der Waals surface area contributed by atoms with Crippen molar-refractivity contribution >= 4 is 11.3 Å². The Morgan fingerprint density at radius 2 is 2.29 bits per heavy atom. The van der Waals surface area contributed by atoms with Crippen LogP contribution in [0.3, 0.4) is 0 Å². The number of nitrogens with zero attached hydrogens (tertiary/aromatic N) is 2. The highest BCUT2D eigenvalue weighted by molar-refractivity contribution is 7.10. The van der Waals surface area contributed by atoms with E-state index in [9.17, 15) is 0 Å². The Hall–Kier alpha value is -1.61. The predicted octanol–water partition coefficient (Wildman–Crippen LogP) is 2.19. The molecule has 0 saturated carbocycles. The van der Waals surface area contributed by atoms with Crippen LogP contribution < -0.4 is 0 Å². The first-order valence-electron chi connectivity index (χ1n) is 7.24. The minimum atomic E-state index is -0.0771. The van der Waals surface area contributed by atoms with Crippen LogP contribution in [0.25, 0.3) is 0 Å². The molecule has 5 heteroatoms. The third kappa shape index (κ3) is 3.73. The van der Waals surface area contributed by atoms with Gasteiger partial charge in [0, 0.05) is 40.2 Å². The summed E-state index contributed by atoms with van der Waals surface area (Å²) in [6.07, 6.45) is 4.21. The van der Waals surface area contributed by atoms with Gasteiger partial charge in [-0.05, 0) is 38.1 Å². The molecular formula is C16H19N3OS. The van der Waals surface area contributed by atoms with Gasteiger partial charge in [-0.3, -0.25) is 10.00 Å². The number of rotatable bonds is 3. The highest BCUT2D eigenvalue weighted by Crippen LogP contribution is 2.27. The number of H-pyrrole nitrogens is 1. The molecular weight excluding hydrogens is 282 g/mol. The van der Waals surface area contributed by atoms with E-state index in [4.69, 9.17) is 5.11 Å². The second-order valence-electron chi connectivity index (χ2n) is 5.32. The third-order valence-corrected chi connectivity index (χ3v) is 4.82. The molecule has 0 spiro atoms. The molecule has 1 saturated heterocycles. The van der Waals surface area contributed by atoms with Gasteiger partial charge in [-0.2, -0.15) is 5.10 Å². The van der Waals surface area contributed by atoms with Crippen LogP contribution in [0, 0.1) is 11.8 Å². The highest BCUT2D eigenvalue weighted by atomic mass is 32.1. The summed E-state index contributed by atoms with van der Waals surface area (Å²) in [6, 6.07) is 4.22. The maximum absolute atomic E-state index is 8.71. The summed E-state index contributed by atoms with van der Waals surface area (Å²) in [5, 5.41) is 17.9. The second-order valence-corrected chi connectivity index (χ2v) is 6.32. The second kappa shape index (κ2) is 6.90. The maximum Gasteiger partial charge on any atom is 0.104 e. The highest BCUT2D eigenvalue weighted by Gasteiger charge is 2.21. The first-order chi connectivity index (χ1) is 10.3. The topological polar surface area (TPSA) is 52.1 Å². The minimum Gasteiger partial charge on any atom is -0.384 e. The van der Waals surface area contributed by atoms with Crippen LogP contribution in [-0.2, 0) is 6.54 Å². The van der Waals surface area contributed by atoms with E-state index >= 15 is 0 Å². The molecule has 0 atom stereocenters. The van der Waals surface area contributed by atoms with Crippen LogP contribution in [0.2, 0.25) is 0 Å². The van der Waals surface area contributed by atoms with Gasteiger partial charge in [0.1, 0.15) is 6.61 Å². The zero-order valence-corrected chi connectivity index (χ0v) is 12.7. The Bertz CT molecular complexity index is 615. The van der Waals surface area contributed by atoms with Gasteiger partial charge in [-0.15, -0.1) is 11.3 Å². The molecule has 2 aromatic heterocycles. The smallest absolute Gasteiger partial charge is 0.104 e. The molecule has 3 rings (SSSR count). The molecule has 1 aliphatic heterocycles. The van der Waals surface area contributed by atoms with Gasteiger partial charge >= 0.3 is 0 Å². The Morgan fingerprint density at radius 1 is 1.43 bits per heavy atom. The van der Waals surface area contributed by atoms with E-state index in [0.717, 1.165) is 25.2 Å². The number of aromatic amines is 1. The van der Waals surface area contributed by atoms with Crippen LogP contribution in [-0.4, -0.2) is 39.9 Å². The summed E-state index contributed by atoms with van der Waals surface area (Å²) in [4.78, 5) is 3.85. The molecule has 21 heavy (non-hydrogen) atoms. The zero-order valence-electron chi connectivity index (χ0n) is 11.9. The number of hydrogen-bond donors (Lipinski definition) is 2. The number of aliphatic hydroxyl groups is 1. The molecule has 0 radical (unpaired) electrons. The van der Waals surface area contributed by atoms with E-state index in [0.29, 0.717) is 5.92 Å². The molecule has 4 nitrogen and oxygen atoms in total. The van der Waals surface area contributed by atoms with Crippen molar-refractivity contribution in [3.05, 3.63) is 39.8 Å². The Kier molecular flexibility index (Phi) is 4.71. The monoisotopic (exact) mass is 301 g/mol. The van der Waals surface area contributed by atoms with Crippen molar-refractivity contribution in [1.29, 1.82) is 0 Å². The molecule has 1 fully saturated rings. The zero-order chi connectivity index (χ0) is 14.5. The summed E-state index contributed by atoms with van der Waals surface area (Å²) in [5.41, 5.74) is 2.28. The van der Waals surface area contributed by atoms with Crippen molar-refractivity contribution in [1.82, 2.24) is 15.1 Å². The van der Waals surface area contributed by atoms with Crippen molar-refractivity contribution in [3.63, 3.8) is 0 Å². The standard InChI is InChI=1S/C16H19N3OS/c20-9-1-2-13-10-15(21-12-13)11-19-7-4-14(5-8-19)16-3-6-17-18-16/h3,6,10,12,14,20H,4-5,7-9,11H2,(H,17,18). The summed E-state index contributed by atoms with van der Waals surface area (Å²) < 4.78 is 0. The summed E-state index contributed by atoms with van der Waals surface area (Å²) >= 11 is 1.75. The normalized spacial score (nSPS) is 16.6. The van der Waals surface area contributed by atoms with Crippen molar-refractivity contribution in [2.75, 3.05) is 19.7 Å². The Morgan fingerprint density at radius 3 is 3.00 bits per heavy atom. The molecule has 0 unspecified atom stereocenters. The number of hydrogen-bond acceptors (Lipinski definition) is 4. The fourth-order valence-electron chi connectivity index (χ4n) is 2.79. The van der Waals surface area contributed by atoms with Gasteiger partial charge in [0.15, 0.2) is 0 Å². The van der Waals surface area contributed by atoms with Crippen LogP contribution in [0.5, 0.6) is 0 Å². The quantitative estimate of drug-likeness (QED) is 0.855. The maximum atomic E-state index is 8.71. The molecule has 0 aromatic carbocycles. The fraction of sp³-hybridized carbons (Fsp3) is 0.438. The lowest BCUT2D eigenvalue weighted by Gasteiger charge is -2.31. The number of likely N-dealkylation sites (tertiary alicyclic amines) is 1. The van der Waals surface area contributed by atoms with E-state index in [-0.39, 0.29) is 6.61 Å². The SMILES string of the molecule is OCC#Cc1csc(CN2CCC(c3ccn[nH]3)CC2)c1. The molecule has 1 aliphatic rings. The molecule has 2 N–H and O–H groups in total. The van der Waals surface area contributed by atoms with E-state index in [1.165, 1.54) is 23.4 Å². The number of aromatic nitrogens is 2. The Labute approximate surface area is 128 Å². The molecule has 0 amide bonds. The van der Waals surface area contributed by atoms with Crippen molar-refractivity contribution in [2.24, 2.45) is 0 Å². The summed E-state index contributed by atoms with van der Waals surface area (Å²) in [6.45, 7) is 3.17. The number of nitrogens with one attached hydrogen (secondary N) is 1. The van der Waals surface area contributed by atoms with E-state index in [1.54, 1.807) is 11.3 Å². The number of piperidine rings is 1. The first-order valence-corrected chi connectivity index (χ1v) is 8.12. The molecule has 0 bridgehead atoms. The Balaban J connectivity index is 1.52. The van der Waals surface area contributed by atoms with Gasteiger partial charge in [-0.1, -0.05) is 11.8 Å². The average Bonchev–Trinajstić information content (AvgIpc) is 3.17. The van der Waals surface area contributed by atoms with Crippen LogP contribution >= 0.6 is 11.3 Å². The van der Waals surface area contributed by atoms with Crippen molar-refractivity contribution in [2.45, 2.75) is 25.3 Å². The first kappa shape index (κ1) is 14.3. The van der Waals surface area contributed by atoms with E-state index < -0.39 is 0 Å². The van der Waals surface area contributed by atoms with Crippen molar-refractivity contribution in [3.8, 4) is 11.8 Å². The van der Waals surface area contributed by atoms with Gasteiger partial charge < -0.3 is 5.11 Å². The number of aliphatic hydroxyl groups excluding tert-OH is 1. The molecule has 0 aliphatic carbocycles. The van der Waals surface area contributed by atoms with Crippen LogP contribution in [0.15, 0.2) is 23.7 Å². The van der Waals surface area contributed by atoms with Gasteiger partial charge in [0.25, 0.3) is 0 Å². The average molecular weight is 301 g/mol. The third-order valence-electron chi connectivity index (χ3n) is 3.89. The lowest BCUT2D eigenvalue weighted by atomic mass is 9.94. The minimum absolute atomic E-state index is 0.0771. The van der Waals surface area contributed by atoms with Crippen molar-refractivity contribution < 1.29 is 5.11 Å². The molecule has 110 valence electrons. The predicted molar refractivity (Wildman–Crippen MR) is 84.1 cm³/mol. The summed E-state index contributed by atoms with van der Waals surface area (Å²) in [7, 11) is 0. The lowest BCUT2D eigenvalue weighted by molar-refractivity contribution is 0.205. The fourth-order valence-corrected chi connectivity index (χ4v) is 3.64. The van der Waals surface area contributed by atoms with Crippen LogP contribution in [0.1, 0.15) is 34.9 Å².